The first kappa shape index (κ1) is 18.4. The molecule has 3 aromatic rings. The van der Waals surface area contributed by atoms with Crippen LogP contribution in [0.5, 0.6) is 5.75 Å². The summed E-state index contributed by atoms with van der Waals surface area (Å²) in [4.78, 5) is 30.6. The molecule has 28 heavy (non-hydrogen) atoms. The summed E-state index contributed by atoms with van der Waals surface area (Å²) in [6.07, 6.45) is 1.77. The third-order valence-electron chi connectivity index (χ3n) is 4.93. The van der Waals surface area contributed by atoms with Gasteiger partial charge in [0.2, 0.25) is 0 Å². The molecule has 0 saturated carbocycles. The lowest BCUT2D eigenvalue weighted by molar-refractivity contribution is -0.119. The number of para-hydroxylation sites is 2. The van der Waals surface area contributed by atoms with E-state index < -0.39 is 5.91 Å². The Balaban J connectivity index is 1.43. The van der Waals surface area contributed by atoms with E-state index in [2.05, 4.69) is 6.07 Å². The van der Waals surface area contributed by atoms with Gasteiger partial charge in [-0.1, -0.05) is 24.3 Å². The number of fused-ring (bicyclic) bond motifs is 1. The summed E-state index contributed by atoms with van der Waals surface area (Å²) in [7, 11) is 0. The maximum Gasteiger partial charge on any atom is 0.257 e. The molecule has 2 amide bonds. The van der Waals surface area contributed by atoms with Crippen LogP contribution in [-0.4, -0.2) is 41.4 Å². The van der Waals surface area contributed by atoms with Gasteiger partial charge in [-0.25, -0.2) is 4.98 Å². The highest BCUT2D eigenvalue weighted by atomic mass is 32.1. The van der Waals surface area contributed by atoms with E-state index in [1.54, 1.807) is 35.6 Å². The summed E-state index contributed by atoms with van der Waals surface area (Å²) in [5, 5.41) is 1.15. The number of benzene rings is 2. The van der Waals surface area contributed by atoms with Gasteiger partial charge < -0.3 is 15.4 Å². The van der Waals surface area contributed by atoms with Crippen molar-refractivity contribution >= 4 is 33.4 Å². The normalized spacial score (nSPS) is 14.9. The predicted octanol–water partition coefficient (Wildman–Crippen LogP) is 3.18. The van der Waals surface area contributed by atoms with Crippen LogP contribution in [0, 0.1) is 0 Å². The van der Waals surface area contributed by atoms with Crippen molar-refractivity contribution in [3.05, 3.63) is 59.1 Å². The van der Waals surface area contributed by atoms with Crippen molar-refractivity contribution in [1.29, 1.82) is 0 Å². The van der Waals surface area contributed by atoms with Crippen molar-refractivity contribution in [1.82, 2.24) is 9.88 Å². The number of aromatic nitrogens is 1. The van der Waals surface area contributed by atoms with Crippen LogP contribution in [0.2, 0.25) is 0 Å². The van der Waals surface area contributed by atoms with E-state index in [0.29, 0.717) is 30.3 Å². The Bertz CT molecular complexity index is 976. The van der Waals surface area contributed by atoms with Gasteiger partial charge in [-0.05, 0) is 37.1 Å². The number of piperidine rings is 1. The maximum atomic E-state index is 13.0. The molecule has 0 bridgehead atoms. The summed E-state index contributed by atoms with van der Waals surface area (Å²) in [6, 6.07) is 15.1. The lowest BCUT2D eigenvalue weighted by atomic mass is 9.97. The molecule has 144 valence electrons. The lowest BCUT2D eigenvalue weighted by Crippen LogP contribution is -2.38. The van der Waals surface area contributed by atoms with Crippen LogP contribution < -0.4 is 10.5 Å². The molecule has 0 spiro atoms. The number of carbonyl (C=O) groups is 2. The molecule has 2 heterocycles. The minimum absolute atomic E-state index is 0.0807. The van der Waals surface area contributed by atoms with Gasteiger partial charge in [0.15, 0.2) is 6.61 Å². The number of primary amides is 1. The molecule has 4 rings (SSSR count). The zero-order valence-corrected chi connectivity index (χ0v) is 16.2. The second-order valence-corrected chi connectivity index (χ2v) is 7.90. The Labute approximate surface area is 166 Å². The molecular formula is C21H21N3O3S. The Morgan fingerprint density at radius 2 is 1.82 bits per heavy atom. The number of rotatable bonds is 5. The highest BCUT2D eigenvalue weighted by Gasteiger charge is 2.27. The minimum atomic E-state index is -0.570. The van der Waals surface area contributed by atoms with Gasteiger partial charge in [-0.3, -0.25) is 9.59 Å². The number of hydrogen-bond donors (Lipinski definition) is 1. The molecule has 1 fully saturated rings. The monoisotopic (exact) mass is 395 g/mol. The molecule has 7 heteroatoms. The molecule has 1 aromatic heterocycles. The van der Waals surface area contributed by atoms with Gasteiger partial charge in [0.25, 0.3) is 11.8 Å². The minimum Gasteiger partial charge on any atom is -0.483 e. The number of thiazole rings is 1. The topological polar surface area (TPSA) is 85.5 Å². The summed E-state index contributed by atoms with van der Waals surface area (Å²) in [5.41, 5.74) is 6.65. The van der Waals surface area contributed by atoms with Gasteiger partial charge in [-0.15, -0.1) is 11.3 Å². The number of ether oxygens (including phenoxy) is 1. The molecule has 0 radical (unpaired) electrons. The van der Waals surface area contributed by atoms with Gasteiger partial charge in [0, 0.05) is 19.0 Å². The summed E-state index contributed by atoms with van der Waals surface area (Å²) >= 11 is 1.74. The Hall–Kier alpha value is -2.93. The Morgan fingerprint density at radius 3 is 2.57 bits per heavy atom. The SMILES string of the molecule is NC(=O)COc1ccccc1C(=O)N1CCC(c2nc3ccccc3s2)CC1. The fraction of sp³-hybridized carbons (Fsp3) is 0.286. The molecule has 2 aromatic carbocycles. The zero-order chi connectivity index (χ0) is 19.5. The summed E-state index contributed by atoms with van der Waals surface area (Å²) in [5.74, 6) is 0.115. The predicted molar refractivity (Wildman–Crippen MR) is 109 cm³/mol. The third-order valence-corrected chi connectivity index (χ3v) is 6.13. The van der Waals surface area contributed by atoms with Crippen molar-refractivity contribution in [3.8, 4) is 5.75 Å². The first-order valence-corrected chi connectivity index (χ1v) is 10.1. The second kappa shape index (κ2) is 7.98. The summed E-state index contributed by atoms with van der Waals surface area (Å²) < 4.78 is 6.61. The number of hydrogen-bond acceptors (Lipinski definition) is 5. The maximum absolute atomic E-state index is 13.0. The largest absolute Gasteiger partial charge is 0.483 e. The molecule has 1 aliphatic rings. The smallest absolute Gasteiger partial charge is 0.257 e. The van der Waals surface area contributed by atoms with Crippen LogP contribution in [0.4, 0.5) is 0 Å². The van der Waals surface area contributed by atoms with Gasteiger partial charge in [0.05, 0.1) is 20.8 Å². The molecule has 1 saturated heterocycles. The fourth-order valence-corrected chi connectivity index (χ4v) is 4.62. The van der Waals surface area contributed by atoms with E-state index in [9.17, 15) is 9.59 Å². The van der Waals surface area contributed by atoms with Crippen molar-refractivity contribution in [2.75, 3.05) is 19.7 Å². The zero-order valence-electron chi connectivity index (χ0n) is 15.3. The molecule has 6 nitrogen and oxygen atoms in total. The highest BCUT2D eigenvalue weighted by Crippen LogP contribution is 2.34. The van der Waals surface area contributed by atoms with Crippen LogP contribution in [0.25, 0.3) is 10.2 Å². The first-order chi connectivity index (χ1) is 13.6. The quantitative estimate of drug-likeness (QED) is 0.719. The van der Waals surface area contributed by atoms with Gasteiger partial charge in [-0.2, -0.15) is 0 Å². The number of amides is 2. The first-order valence-electron chi connectivity index (χ1n) is 9.26. The number of likely N-dealkylation sites (tertiary alicyclic amines) is 1. The fourth-order valence-electron chi connectivity index (χ4n) is 3.48. The van der Waals surface area contributed by atoms with Crippen LogP contribution >= 0.6 is 11.3 Å². The summed E-state index contributed by atoms with van der Waals surface area (Å²) in [6.45, 7) is 1.09. The number of carbonyl (C=O) groups excluding carboxylic acids is 2. The van der Waals surface area contributed by atoms with Gasteiger partial charge in [0.1, 0.15) is 5.75 Å². The molecule has 0 unspecified atom stereocenters. The lowest BCUT2D eigenvalue weighted by Gasteiger charge is -2.31. The van der Waals surface area contributed by atoms with E-state index in [0.717, 1.165) is 23.4 Å². The van der Waals surface area contributed by atoms with E-state index in [1.165, 1.54) is 4.70 Å². The van der Waals surface area contributed by atoms with Crippen molar-refractivity contribution < 1.29 is 14.3 Å². The van der Waals surface area contributed by atoms with Crippen LogP contribution in [0.15, 0.2) is 48.5 Å². The number of nitrogens with two attached hydrogens (primary N) is 1. The van der Waals surface area contributed by atoms with E-state index in [4.69, 9.17) is 15.5 Å². The van der Waals surface area contributed by atoms with Crippen LogP contribution in [-0.2, 0) is 4.79 Å². The second-order valence-electron chi connectivity index (χ2n) is 6.84. The number of nitrogens with zero attached hydrogens (tertiary/aromatic N) is 2. The van der Waals surface area contributed by atoms with E-state index in [-0.39, 0.29) is 12.5 Å². The molecule has 2 N–H and O–H groups in total. The van der Waals surface area contributed by atoms with Crippen LogP contribution in [0.1, 0.15) is 34.1 Å². The van der Waals surface area contributed by atoms with Crippen molar-refractivity contribution in [2.45, 2.75) is 18.8 Å². The Morgan fingerprint density at radius 1 is 1.11 bits per heavy atom. The molecule has 0 atom stereocenters. The molecular weight excluding hydrogens is 374 g/mol. The van der Waals surface area contributed by atoms with Gasteiger partial charge >= 0.3 is 0 Å². The standard InChI is InChI=1S/C21H21N3O3S/c22-19(25)13-27-17-7-3-1-5-15(17)21(26)24-11-9-14(10-12-24)20-23-16-6-2-4-8-18(16)28-20/h1-8,14H,9-13H2,(H2,22,25). The molecule has 1 aliphatic heterocycles. The Kier molecular flexibility index (Phi) is 5.25. The molecule has 0 aliphatic carbocycles. The van der Waals surface area contributed by atoms with Crippen molar-refractivity contribution in [2.24, 2.45) is 5.73 Å². The van der Waals surface area contributed by atoms with E-state index in [1.807, 2.05) is 23.1 Å². The van der Waals surface area contributed by atoms with Crippen LogP contribution in [0.3, 0.4) is 0 Å². The average molecular weight is 395 g/mol. The highest BCUT2D eigenvalue weighted by molar-refractivity contribution is 7.18. The van der Waals surface area contributed by atoms with Crippen molar-refractivity contribution in [3.63, 3.8) is 0 Å². The third kappa shape index (κ3) is 3.84. The van der Waals surface area contributed by atoms with E-state index >= 15 is 0 Å². The average Bonchev–Trinajstić information content (AvgIpc) is 3.16.